The zero-order valence-corrected chi connectivity index (χ0v) is 19.0. The Kier molecular flexibility index (Phi) is 5.67. The maximum absolute atomic E-state index is 15.8. The zero-order chi connectivity index (χ0) is 24.4. The Labute approximate surface area is 193 Å². The van der Waals surface area contributed by atoms with E-state index in [2.05, 4.69) is 4.98 Å². The Balaban J connectivity index is 1.67. The summed E-state index contributed by atoms with van der Waals surface area (Å²) in [6, 6.07) is -0.808. The summed E-state index contributed by atoms with van der Waals surface area (Å²) in [5.41, 5.74) is 2.31. The molecule has 4 N–H and O–H groups in total. The van der Waals surface area contributed by atoms with Crippen molar-refractivity contribution >= 4 is 16.6 Å². The summed E-state index contributed by atoms with van der Waals surface area (Å²) in [5, 5.41) is 10.4. The van der Waals surface area contributed by atoms with E-state index in [-0.39, 0.29) is 35.5 Å². The molecule has 0 radical (unpaired) electrons. The molecule has 1 aromatic carbocycles. The second kappa shape index (κ2) is 8.30. The third-order valence-corrected chi connectivity index (χ3v) is 7.76. The SMILES string of the molecule is COc1c(N2CCC(C(N)C3(O)CCCC3)C2)c(F)c(C(F)F)c2c(=O)[nH]c(=O)n(C3CC3)c12. The number of nitrogens with two attached hydrogens (primary N) is 1. The summed E-state index contributed by atoms with van der Waals surface area (Å²) < 4.78 is 50.8. The molecule has 2 unspecified atom stereocenters. The van der Waals surface area contributed by atoms with E-state index < -0.39 is 46.1 Å². The molecule has 2 aliphatic carbocycles. The van der Waals surface area contributed by atoms with Crippen LogP contribution in [0.2, 0.25) is 0 Å². The number of hydrogen-bond donors (Lipinski definition) is 3. The van der Waals surface area contributed by atoms with Gasteiger partial charge in [0.2, 0.25) is 0 Å². The number of aromatic amines is 1. The lowest BCUT2D eigenvalue weighted by atomic mass is 9.83. The van der Waals surface area contributed by atoms with Gasteiger partial charge in [0.1, 0.15) is 11.2 Å². The van der Waals surface area contributed by atoms with Crippen molar-refractivity contribution in [3.8, 4) is 5.75 Å². The molecule has 1 aliphatic heterocycles. The Morgan fingerprint density at radius 2 is 1.88 bits per heavy atom. The van der Waals surface area contributed by atoms with E-state index in [1.54, 1.807) is 4.90 Å². The number of nitrogens with zero attached hydrogens (tertiary/aromatic N) is 2. The van der Waals surface area contributed by atoms with E-state index in [1.807, 2.05) is 0 Å². The van der Waals surface area contributed by atoms with Crippen molar-refractivity contribution in [2.24, 2.45) is 11.7 Å². The topological polar surface area (TPSA) is 114 Å². The van der Waals surface area contributed by atoms with E-state index in [9.17, 15) is 23.5 Å². The largest absolute Gasteiger partial charge is 0.492 e. The number of alkyl halides is 2. The fourth-order valence-electron chi connectivity index (χ4n) is 5.88. The van der Waals surface area contributed by atoms with Crippen molar-refractivity contribution in [2.75, 3.05) is 25.1 Å². The van der Waals surface area contributed by atoms with Crippen LogP contribution in [0.4, 0.5) is 18.9 Å². The monoisotopic (exact) mass is 482 g/mol. The Bertz CT molecular complexity index is 1230. The van der Waals surface area contributed by atoms with Gasteiger partial charge in [0, 0.05) is 25.2 Å². The Hall–Kier alpha value is -2.53. The van der Waals surface area contributed by atoms with Crippen LogP contribution in [-0.4, -0.2) is 46.5 Å². The molecule has 1 saturated heterocycles. The van der Waals surface area contributed by atoms with Gasteiger partial charge >= 0.3 is 5.69 Å². The number of rotatable bonds is 6. The summed E-state index contributed by atoms with van der Waals surface area (Å²) in [5.74, 6) is -1.52. The number of nitrogens with one attached hydrogen (secondary N) is 1. The average molecular weight is 483 g/mol. The minimum atomic E-state index is -3.28. The van der Waals surface area contributed by atoms with Crippen LogP contribution in [0.25, 0.3) is 10.9 Å². The Morgan fingerprint density at radius 1 is 1.21 bits per heavy atom. The highest BCUT2D eigenvalue weighted by Gasteiger charge is 2.44. The lowest BCUT2D eigenvalue weighted by Gasteiger charge is -2.34. The first-order valence-electron chi connectivity index (χ1n) is 11.8. The minimum absolute atomic E-state index is 0.104. The molecule has 186 valence electrons. The molecule has 1 aromatic heterocycles. The van der Waals surface area contributed by atoms with Crippen LogP contribution in [0.1, 0.15) is 63.0 Å². The molecule has 2 atom stereocenters. The maximum atomic E-state index is 15.8. The molecular weight excluding hydrogens is 453 g/mol. The van der Waals surface area contributed by atoms with Gasteiger partial charge in [0.15, 0.2) is 11.6 Å². The molecule has 3 aliphatic rings. The van der Waals surface area contributed by atoms with Gasteiger partial charge in [-0.15, -0.1) is 0 Å². The van der Waals surface area contributed by atoms with Crippen LogP contribution in [0, 0.1) is 11.7 Å². The van der Waals surface area contributed by atoms with Crippen LogP contribution in [0.3, 0.4) is 0 Å². The fraction of sp³-hybridized carbons (Fsp3) is 0.652. The molecule has 3 fully saturated rings. The number of anilines is 1. The predicted octanol–water partition coefficient (Wildman–Crippen LogP) is 2.57. The van der Waals surface area contributed by atoms with Gasteiger partial charge in [0.05, 0.1) is 23.7 Å². The third kappa shape index (κ3) is 3.51. The normalized spacial score (nSPS) is 23.3. The molecule has 8 nitrogen and oxygen atoms in total. The molecule has 2 heterocycles. The van der Waals surface area contributed by atoms with Crippen molar-refractivity contribution in [1.82, 2.24) is 9.55 Å². The first-order chi connectivity index (χ1) is 16.2. The van der Waals surface area contributed by atoms with Gasteiger partial charge in [-0.1, -0.05) is 12.8 Å². The number of methoxy groups -OCH3 is 1. The lowest BCUT2D eigenvalue weighted by molar-refractivity contribution is 0.00442. The average Bonchev–Trinajstić information content (AvgIpc) is 3.32. The summed E-state index contributed by atoms with van der Waals surface area (Å²) in [7, 11) is 1.27. The lowest BCUT2D eigenvalue weighted by Crippen LogP contribution is -2.51. The molecule has 11 heteroatoms. The number of hydrogen-bond acceptors (Lipinski definition) is 6. The highest BCUT2D eigenvalue weighted by molar-refractivity contribution is 5.94. The van der Waals surface area contributed by atoms with E-state index >= 15 is 4.39 Å². The summed E-state index contributed by atoms with van der Waals surface area (Å²) in [6.45, 7) is 0.550. The molecular formula is C23H29F3N4O4. The van der Waals surface area contributed by atoms with Crippen LogP contribution in [-0.2, 0) is 0 Å². The van der Waals surface area contributed by atoms with Crippen LogP contribution < -0.4 is 26.6 Å². The molecule has 34 heavy (non-hydrogen) atoms. The predicted molar refractivity (Wildman–Crippen MR) is 120 cm³/mol. The number of halogens is 3. The standard InChI is InChI=1S/C23H29F3N4O4/c1-34-18-16-14(21(31)28-22(32)30(16)12-4-5-12)13(20(25)26)15(24)17(18)29-9-6-11(10-29)19(27)23(33)7-2-3-8-23/h11-12,19-20,33H,2-10,27H2,1H3,(H,28,31,32). The molecule has 0 amide bonds. The smallest absolute Gasteiger partial charge is 0.329 e. The number of fused-ring (bicyclic) bond motifs is 1. The van der Waals surface area contributed by atoms with E-state index in [0.717, 1.165) is 12.8 Å². The van der Waals surface area contributed by atoms with Gasteiger partial charge in [0.25, 0.3) is 12.0 Å². The van der Waals surface area contributed by atoms with Gasteiger partial charge in [-0.3, -0.25) is 14.3 Å². The molecule has 2 saturated carbocycles. The number of aliphatic hydroxyl groups is 1. The highest BCUT2D eigenvalue weighted by atomic mass is 19.3. The summed E-state index contributed by atoms with van der Waals surface area (Å²) in [6.07, 6.45) is 1.52. The summed E-state index contributed by atoms with van der Waals surface area (Å²) >= 11 is 0. The van der Waals surface area contributed by atoms with Gasteiger partial charge in [-0.25, -0.2) is 18.0 Å². The molecule has 5 rings (SSSR count). The zero-order valence-electron chi connectivity index (χ0n) is 19.0. The third-order valence-electron chi connectivity index (χ3n) is 7.76. The second-order valence-electron chi connectivity index (χ2n) is 9.83. The van der Waals surface area contributed by atoms with E-state index in [1.165, 1.54) is 11.7 Å². The molecule has 0 spiro atoms. The molecule has 2 aromatic rings. The van der Waals surface area contributed by atoms with Gasteiger partial charge in [-0.05, 0) is 38.0 Å². The van der Waals surface area contributed by atoms with Crippen LogP contribution in [0.15, 0.2) is 9.59 Å². The van der Waals surface area contributed by atoms with Crippen molar-refractivity contribution in [3.63, 3.8) is 0 Å². The van der Waals surface area contributed by atoms with E-state index in [0.29, 0.717) is 38.6 Å². The number of ether oxygens (including phenoxy) is 1. The Morgan fingerprint density at radius 3 is 2.47 bits per heavy atom. The summed E-state index contributed by atoms with van der Waals surface area (Å²) in [4.78, 5) is 28.9. The second-order valence-corrected chi connectivity index (χ2v) is 9.83. The van der Waals surface area contributed by atoms with Gasteiger partial charge < -0.3 is 20.5 Å². The van der Waals surface area contributed by atoms with E-state index in [4.69, 9.17) is 10.5 Å². The molecule has 0 bridgehead atoms. The van der Waals surface area contributed by atoms with Gasteiger partial charge in [-0.2, -0.15) is 0 Å². The van der Waals surface area contributed by atoms with Crippen molar-refractivity contribution in [3.05, 3.63) is 32.2 Å². The number of H-pyrrole nitrogens is 1. The minimum Gasteiger partial charge on any atom is -0.492 e. The first kappa shape index (κ1) is 23.2. The maximum Gasteiger partial charge on any atom is 0.329 e. The number of benzene rings is 1. The van der Waals surface area contributed by atoms with Crippen LogP contribution >= 0.6 is 0 Å². The first-order valence-corrected chi connectivity index (χ1v) is 11.8. The van der Waals surface area contributed by atoms with Crippen molar-refractivity contribution in [1.29, 1.82) is 0 Å². The quantitative estimate of drug-likeness (QED) is 0.583. The number of aromatic nitrogens is 2. The van der Waals surface area contributed by atoms with Crippen molar-refractivity contribution < 1.29 is 23.0 Å². The fourth-order valence-corrected chi connectivity index (χ4v) is 5.88. The highest BCUT2D eigenvalue weighted by Crippen LogP contribution is 2.47. The van der Waals surface area contributed by atoms with Crippen LogP contribution in [0.5, 0.6) is 5.75 Å². The van der Waals surface area contributed by atoms with Crippen molar-refractivity contribution in [2.45, 2.75) is 69.1 Å².